The highest BCUT2D eigenvalue weighted by Crippen LogP contribution is 2.37. The first kappa shape index (κ1) is 13.2. The van der Waals surface area contributed by atoms with Crippen molar-refractivity contribution in [2.24, 2.45) is 0 Å². The number of carboxylic acids is 1. The van der Waals surface area contributed by atoms with Crippen LogP contribution in [0.15, 0.2) is 0 Å². The summed E-state index contributed by atoms with van der Waals surface area (Å²) in [6.45, 7) is 0. The van der Waals surface area contributed by atoms with Gasteiger partial charge in [0.2, 0.25) is 0 Å². The van der Waals surface area contributed by atoms with Crippen molar-refractivity contribution in [1.82, 2.24) is 4.98 Å². The number of anilines is 1. The third-order valence-electron chi connectivity index (χ3n) is 3.80. The van der Waals surface area contributed by atoms with E-state index in [0.717, 1.165) is 30.1 Å². The zero-order valence-electron chi connectivity index (χ0n) is 10.7. The molecule has 0 spiro atoms. The number of aromatic nitrogens is 1. The van der Waals surface area contributed by atoms with Gasteiger partial charge in [0.25, 0.3) is 0 Å². The standard InChI is InChI=1S/C13H18N2O2S2/c16-12(17)9-2-1-3-10-11(9)15-13(19-10)14-8-4-6-18-7-5-8/h8-9H,1-7H2,(H,14,15)(H,16,17). The molecule has 1 fully saturated rings. The van der Waals surface area contributed by atoms with E-state index in [-0.39, 0.29) is 0 Å². The quantitative estimate of drug-likeness (QED) is 0.898. The molecule has 0 amide bonds. The number of aliphatic carboxylic acids is 1. The van der Waals surface area contributed by atoms with Gasteiger partial charge in [0.1, 0.15) is 5.92 Å². The molecule has 2 heterocycles. The highest BCUT2D eigenvalue weighted by Gasteiger charge is 2.30. The Bertz CT molecular complexity index is 469. The number of hydrogen-bond donors (Lipinski definition) is 2. The summed E-state index contributed by atoms with van der Waals surface area (Å²) in [5, 5.41) is 13.7. The van der Waals surface area contributed by atoms with Crippen molar-refractivity contribution in [2.75, 3.05) is 16.8 Å². The molecule has 1 saturated heterocycles. The topological polar surface area (TPSA) is 62.2 Å². The second kappa shape index (κ2) is 5.71. The summed E-state index contributed by atoms with van der Waals surface area (Å²) in [6.07, 6.45) is 5.03. The summed E-state index contributed by atoms with van der Waals surface area (Å²) in [5.74, 6) is 1.30. The largest absolute Gasteiger partial charge is 0.481 e. The number of thioether (sulfide) groups is 1. The number of rotatable bonds is 3. The molecule has 1 aromatic heterocycles. The van der Waals surface area contributed by atoms with Gasteiger partial charge in [0, 0.05) is 10.9 Å². The monoisotopic (exact) mass is 298 g/mol. The average Bonchev–Trinajstić information content (AvgIpc) is 2.81. The zero-order valence-corrected chi connectivity index (χ0v) is 12.4. The van der Waals surface area contributed by atoms with Crippen molar-refractivity contribution in [3.8, 4) is 0 Å². The van der Waals surface area contributed by atoms with E-state index in [1.165, 1.54) is 29.2 Å². The van der Waals surface area contributed by atoms with E-state index < -0.39 is 11.9 Å². The van der Waals surface area contributed by atoms with Crippen LogP contribution in [-0.2, 0) is 11.2 Å². The molecule has 3 rings (SSSR count). The molecule has 104 valence electrons. The van der Waals surface area contributed by atoms with Gasteiger partial charge in [-0.1, -0.05) is 0 Å². The van der Waals surface area contributed by atoms with Gasteiger partial charge in [-0.2, -0.15) is 11.8 Å². The van der Waals surface area contributed by atoms with Crippen molar-refractivity contribution < 1.29 is 9.90 Å². The maximum atomic E-state index is 11.3. The molecule has 1 aliphatic carbocycles. The Balaban J connectivity index is 1.75. The van der Waals surface area contributed by atoms with Crippen LogP contribution in [0.2, 0.25) is 0 Å². The summed E-state index contributed by atoms with van der Waals surface area (Å²) in [4.78, 5) is 17.0. The number of hydrogen-bond acceptors (Lipinski definition) is 5. The number of nitrogens with zero attached hydrogens (tertiary/aromatic N) is 1. The van der Waals surface area contributed by atoms with Crippen molar-refractivity contribution in [2.45, 2.75) is 44.1 Å². The number of aryl methyl sites for hydroxylation is 1. The van der Waals surface area contributed by atoms with Gasteiger partial charge < -0.3 is 10.4 Å². The molecular formula is C13H18N2O2S2. The van der Waals surface area contributed by atoms with Gasteiger partial charge in [0.15, 0.2) is 5.13 Å². The third-order valence-corrected chi connectivity index (χ3v) is 5.91. The van der Waals surface area contributed by atoms with E-state index in [1.807, 2.05) is 11.8 Å². The van der Waals surface area contributed by atoms with Gasteiger partial charge in [0.05, 0.1) is 5.69 Å². The summed E-state index contributed by atoms with van der Waals surface area (Å²) in [7, 11) is 0. The summed E-state index contributed by atoms with van der Waals surface area (Å²) in [6, 6.07) is 0.511. The van der Waals surface area contributed by atoms with E-state index in [9.17, 15) is 9.90 Å². The van der Waals surface area contributed by atoms with Gasteiger partial charge in [-0.15, -0.1) is 11.3 Å². The molecule has 0 aromatic carbocycles. The average molecular weight is 298 g/mol. The first-order valence-corrected chi connectivity index (χ1v) is 8.78. The highest BCUT2D eigenvalue weighted by atomic mass is 32.2. The highest BCUT2D eigenvalue weighted by molar-refractivity contribution is 7.99. The first-order valence-electron chi connectivity index (χ1n) is 6.80. The summed E-state index contributed by atoms with van der Waals surface area (Å²) in [5.41, 5.74) is 0.816. The fourth-order valence-corrected chi connectivity index (χ4v) is 4.99. The second-order valence-electron chi connectivity index (χ2n) is 5.14. The summed E-state index contributed by atoms with van der Waals surface area (Å²) >= 11 is 3.66. The number of fused-ring (bicyclic) bond motifs is 1. The first-order chi connectivity index (χ1) is 9.24. The molecule has 1 aliphatic heterocycles. The fraction of sp³-hybridized carbons (Fsp3) is 0.692. The van der Waals surface area contributed by atoms with Crippen LogP contribution in [-0.4, -0.2) is 33.6 Å². The van der Waals surface area contributed by atoms with Crippen molar-refractivity contribution in [3.05, 3.63) is 10.6 Å². The molecule has 6 heteroatoms. The predicted molar refractivity (Wildman–Crippen MR) is 79.4 cm³/mol. The minimum Gasteiger partial charge on any atom is -0.481 e. The molecule has 4 nitrogen and oxygen atoms in total. The van der Waals surface area contributed by atoms with E-state index in [1.54, 1.807) is 11.3 Å². The van der Waals surface area contributed by atoms with Gasteiger partial charge in [-0.3, -0.25) is 4.79 Å². The predicted octanol–water partition coefficient (Wildman–Crippen LogP) is 2.96. The number of carboxylic acid groups (broad SMARTS) is 1. The maximum Gasteiger partial charge on any atom is 0.312 e. The lowest BCUT2D eigenvalue weighted by atomic mass is 9.91. The Morgan fingerprint density at radius 2 is 2.11 bits per heavy atom. The Labute approximate surface area is 121 Å². The van der Waals surface area contributed by atoms with Crippen LogP contribution in [0.5, 0.6) is 0 Å². The lowest BCUT2D eigenvalue weighted by molar-refractivity contribution is -0.139. The van der Waals surface area contributed by atoms with Crippen molar-refractivity contribution in [3.63, 3.8) is 0 Å². The minimum absolute atomic E-state index is 0.391. The molecule has 0 bridgehead atoms. The van der Waals surface area contributed by atoms with Gasteiger partial charge >= 0.3 is 5.97 Å². The van der Waals surface area contributed by atoms with Crippen LogP contribution in [0.3, 0.4) is 0 Å². The van der Waals surface area contributed by atoms with Crippen molar-refractivity contribution >= 4 is 34.2 Å². The zero-order chi connectivity index (χ0) is 13.2. The van der Waals surface area contributed by atoms with Crippen LogP contribution in [0, 0.1) is 0 Å². The molecule has 2 aliphatic rings. The molecular weight excluding hydrogens is 280 g/mol. The maximum absolute atomic E-state index is 11.3. The van der Waals surface area contributed by atoms with Crippen LogP contribution in [0.25, 0.3) is 0 Å². The number of nitrogens with one attached hydrogen (secondary N) is 1. The lowest BCUT2D eigenvalue weighted by Gasteiger charge is -2.21. The lowest BCUT2D eigenvalue weighted by Crippen LogP contribution is -2.24. The van der Waals surface area contributed by atoms with Crippen LogP contribution < -0.4 is 5.32 Å². The second-order valence-corrected chi connectivity index (χ2v) is 7.45. The van der Waals surface area contributed by atoms with Crippen LogP contribution in [0.1, 0.15) is 42.2 Å². The third kappa shape index (κ3) is 2.89. The van der Waals surface area contributed by atoms with Crippen LogP contribution >= 0.6 is 23.1 Å². The van der Waals surface area contributed by atoms with E-state index in [0.29, 0.717) is 6.04 Å². The van der Waals surface area contributed by atoms with Crippen molar-refractivity contribution in [1.29, 1.82) is 0 Å². The Hall–Kier alpha value is -0.750. The minimum atomic E-state index is -0.730. The summed E-state index contributed by atoms with van der Waals surface area (Å²) < 4.78 is 0. The molecule has 1 unspecified atom stereocenters. The fourth-order valence-electron chi connectivity index (χ4n) is 2.74. The smallest absolute Gasteiger partial charge is 0.312 e. The molecule has 1 aromatic rings. The van der Waals surface area contributed by atoms with E-state index in [2.05, 4.69) is 10.3 Å². The molecule has 1 atom stereocenters. The molecule has 0 radical (unpaired) electrons. The van der Waals surface area contributed by atoms with E-state index in [4.69, 9.17) is 0 Å². The molecule has 2 N–H and O–H groups in total. The Kier molecular flexibility index (Phi) is 3.98. The normalized spacial score (nSPS) is 23.9. The van der Waals surface area contributed by atoms with Gasteiger partial charge in [-0.05, 0) is 43.6 Å². The Morgan fingerprint density at radius 1 is 1.32 bits per heavy atom. The van der Waals surface area contributed by atoms with Gasteiger partial charge in [-0.25, -0.2) is 4.98 Å². The Morgan fingerprint density at radius 3 is 2.84 bits per heavy atom. The SMILES string of the molecule is O=C(O)C1CCCc2sc(NC3CCSCC3)nc21. The van der Waals surface area contributed by atoms with Crippen LogP contribution in [0.4, 0.5) is 5.13 Å². The number of thiazole rings is 1. The molecule has 19 heavy (non-hydrogen) atoms. The number of carbonyl (C=O) groups is 1. The molecule has 0 saturated carbocycles. The van der Waals surface area contributed by atoms with E-state index >= 15 is 0 Å².